The van der Waals surface area contributed by atoms with E-state index >= 15 is 0 Å². The molecule has 0 saturated heterocycles. The van der Waals surface area contributed by atoms with E-state index in [0.29, 0.717) is 30.2 Å². The second kappa shape index (κ2) is 10.0. The Kier molecular flexibility index (Phi) is 6.70. The Bertz CT molecular complexity index is 1200. The Labute approximate surface area is 187 Å². The van der Waals surface area contributed by atoms with Crippen LogP contribution in [0.3, 0.4) is 0 Å². The molecule has 4 aromatic rings. The van der Waals surface area contributed by atoms with Gasteiger partial charge in [0, 0.05) is 25.1 Å². The lowest BCUT2D eigenvalue weighted by Crippen LogP contribution is -2.27. The van der Waals surface area contributed by atoms with Crippen molar-refractivity contribution in [1.82, 2.24) is 14.9 Å². The fourth-order valence-electron chi connectivity index (χ4n) is 3.83. The van der Waals surface area contributed by atoms with E-state index in [1.165, 1.54) is 5.56 Å². The van der Waals surface area contributed by atoms with Gasteiger partial charge in [-0.3, -0.25) is 4.79 Å². The quantitative estimate of drug-likeness (QED) is 0.432. The maximum atomic E-state index is 12.7. The Balaban J connectivity index is 1.46. The third-order valence-corrected chi connectivity index (χ3v) is 5.48. The van der Waals surface area contributed by atoms with E-state index in [2.05, 4.69) is 40.2 Å². The van der Waals surface area contributed by atoms with Crippen LogP contribution in [0.25, 0.3) is 11.0 Å². The van der Waals surface area contributed by atoms with Gasteiger partial charge in [0.1, 0.15) is 5.82 Å². The number of carbonyl (C=O) groups excluding carboxylic acids is 1. The molecule has 0 saturated carbocycles. The van der Waals surface area contributed by atoms with Crippen LogP contribution in [0.5, 0.6) is 11.5 Å². The summed E-state index contributed by atoms with van der Waals surface area (Å²) >= 11 is 0. The highest BCUT2D eigenvalue weighted by molar-refractivity contribution is 5.94. The van der Waals surface area contributed by atoms with Gasteiger partial charge in [-0.05, 0) is 42.3 Å². The number of rotatable bonds is 9. The minimum Gasteiger partial charge on any atom is -0.493 e. The van der Waals surface area contributed by atoms with Gasteiger partial charge in [-0.2, -0.15) is 0 Å². The van der Waals surface area contributed by atoms with Crippen molar-refractivity contribution in [2.24, 2.45) is 0 Å². The first-order chi connectivity index (χ1) is 15.7. The van der Waals surface area contributed by atoms with E-state index < -0.39 is 0 Å². The Morgan fingerprint density at radius 2 is 1.66 bits per heavy atom. The van der Waals surface area contributed by atoms with Gasteiger partial charge in [-0.15, -0.1) is 0 Å². The molecule has 32 heavy (non-hydrogen) atoms. The molecule has 1 aromatic heterocycles. The number of para-hydroxylation sites is 2. The Morgan fingerprint density at radius 1 is 0.906 bits per heavy atom. The molecule has 3 aromatic carbocycles. The van der Waals surface area contributed by atoms with Crippen molar-refractivity contribution in [1.29, 1.82) is 0 Å². The van der Waals surface area contributed by atoms with Crippen LogP contribution in [0.2, 0.25) is 0 Å². The topological polar surface area (TPSA) is 65.4 Å². The number of nitrogens with one attached hydrogen (secondary N) is 1. The maximum absolute atomic E-state index is 12.7. The van der Waals surface area contributed by atoms with Crippen LogP contribution >= 0.6 is 0 Å². The molecule has 4 rings (SSSR count). The summed E-state index contributed by atoms with van der Waals surface area (Å²) in [7, 11) is 3.13. The average molecular weight is 430 g/mol. The number of imidazole rings is 1. The second-order valence-corrected chi connectivity index (χ2v) is 7.48. The molecule has 0 bridgehead atoms. The zero-order valence-electron chi connectivity index (χ0n) is 18.4. The first-order valence-electron chi connectivity index (χ1n) is 10.7. The number of nitrogens with zero attached hydrogens (tertiary/aromatic N) is 2. The van der Waals surface area contributed by atoms with Gasteiger partial charge in [-0.1, -0.05) is 42.5 Å². The SMILES string of the molecule is COc1ccc(C(=O)NCCn2c(CCc3ccccc3)nc3ccccc32)cc1OC. The normalized spacial score (nSPS) is 10.8. The molecule has 0 unspecified atom stereocenters. The molecule has 0 aliphatic rings. The smallest absolute Gasteiger partial charge is 0.251 e. The molecule has 0 atom stereocenters. The number of ether oxygens (including phenoxy) is 2. The lowest BCUT2D eigenvalue weighted by atomic mass is 10.1. The van der Waals surface area contributed by atoms with Crippen molar-refractivity contribution in [2.45, 2.75) is 19.4 Å². The number of methoxy groups -OCH3 is 2. The van der Waals surface area contributed by atoms with E-state index in [9.17, 15) is 4.79 Å². The van der Waals surface area contributed by atoms with Crippen LogP contribution in [-0.2, 0) is 19.4 Å². The predicted octanol–water partition coefficient (Wildman–Crippen LogP) is 4.27. The van der Waals surface area contributed by atoms with Crippen molar-refractivity contribution < 1.29 is 14.3 Å². The van der Waals surface area contributed by atoms with Crippen LogP contribution in [-0.4, -0.2) is 36.2 Å². The largest absolute Gasteiger partial charge is 0.493 e. The Hall–Kier alpha value is -3.80. The summed E-state index contributed by atoms with van der Waals surface area (Å²) in [5, 5.41) is 3.01. The number of fused-ring (bicyclic) bond motifs is 1. The van der Waals surface area contributed by atoms with Crippen LogP contribution in [0.4, 0.5) is 0 Å². The Morgan fingerprint density at radius 3 is 2.44 bits per heavy atom. The summed E-state index contributed by atoms with van der Waals surface area (Å²) in [5.41, 5.74) is 3.87. The molecule has 6 heteroatoms. The number of hydrogen-bond donors (Lipinski definition) is 1. The molecule has 0 aliphatic carbocycles. The third kappa shape index (κ3) is 4.75. The molecule has 0 aliphatic heterocycles. The summed E-state index contributed by atoms with van der Waals surface area (Å²) in [4.78, 5) is 17.5. The monoisotopic (exact) mass is 429 g/mol. The lowest BCUT2D eigenvalue weighted by Gasteiger charge is -2.12. The van der Waals surface area contributed by atoms with Crippen molar-refractivity contribution >= 4 is 16.9 Å². The predicted molar refractivity (Wildman–Crippen MR) is 125 cm³/mol. The van der Waals surface area contributed by atoms with E-state index in [1.807, 2.05) is 24.3 Å². The highest BCUT2D eigenvalue weighted by atomic mass is 16.5. The van der Waals surface area contributed by atoms with Gasteiger partial charge in [0.2, 0.25) is 0 Å². The number of benzene rings is 3. The zero-order valence-corrected chi connectivity index (χ0v) is 18.4. The lowest BCUT2D eigenvalue weighted by molar-refractivity contribution is 0.0952. The van der Waals surface area contributed by atoms with E-state index in [1.54, 1.807) is 32.4 Å². The summed E-state index contributed by atoms with van der Waals surface area (Å²) in [6.45, 7) is 1.13. The molecular weight excluding hydrogens is 402 g/mol. The van der Waals surface area contributed by atoms with Crippen LogP contribution in [0.1, 0.15) is 21.7 Å². The number of hydrogen-bond acceptors (Lipinski definition) is 4. The summed E-state index contributed by atoms with van der Waals surface area (Å²) in [6, 6.07) is 23.7. The first kappa shape index (κ1) is 21.4. The molecule has 0 radical (unpaired) electrons. The molecule has 0 fully saturated rings. The van der Waals surface area contributed by atoms with Crippen molar-refractivity contribution in [3.8, 4) is 11.5 Å². The average Bonchev–Trinajstić information content (AvgIpc) is 3.20. The van der Waals surface area contributed by atoms with Crippen LogP contribution in [0, 0.1) is 0 Å². The second-order valence-electron chi connectivity index (χ2n) is 7.48. The molecular formula is C26H27N3O3. The van der Waals surface area contributed by atoms with Crippen LogP contribution < -0.4 is 14.8 Å². The van der Waals surface area contributed by atoms with Gasteiger partial charge < -0.3 is 19.4 Å². The summed E-state index contributed by atoms with van der Waals surface area (Å²) in [5.74, 6) is 2.00. The van der Waals surface area contributed by atoms with Gasteiger partial charge >= 0.3 is 0 Å². The summed E-state index contributed by atoms with van der Waals surface area (Å²) in [6.07, 6.45) is 1.75. The van der Waals surface area contributed by atoms with Gasteiger partial charge in [0.05, 0.1) is 25.3 Å². The van der Waals surface area contributed by atoms with Gasteiger partial charge in [-0.25, -0.2) is 4.98 Å². The molecule has 164 valence electrons. The van der Waals surface area contributed by atoms with Gasteiger partial charge in [0.15, 0.2) is 11.5 Å². The fraction of sp³-hybridized carbons (Fsp3) is 0.231. The number of aromatic nitrogens is 2. The van der Waals surface area contributed by atoms with Crippen molar-refractivity contribution in [3.63, 3.8) is 0 Å². The number of amides is 1. The standard InChI is InChI=1S/C26H27N3O3/c1-31-23-14-13-20(18-24(23)32-2)26(30)27-16-17-29-22-11-7-6-10-21(22)28-25(29)15-12-19-8-4-3-5-9-19/h3-11,13-14,18H,12,15-17H2,1-2H3,(H,27,30). The van der Waals surface area contributed by atoms with E-state index in [-0.39, 0.29) is 5.91 Å². The van der Waals surface area contributed by atoms with Gasteiger partial charge in [0.25, 0.3) is 5.91 Å². The van der Waals surface area contributed by atoms with E-state index in [4.69, 9.17) is 14.5 Å². The van der Waals surface area contributed by atoms with E-state index in [0.717, 1.165) is 29.7 Å². The minimum absolute atomic E-state index is 0.152. The molecule has 0 spiro atoms. The maximum Gasteiger partial charge on any atom is 0.251 e. The van der Waals surface area contributed by atoms with Crippen LogP contribution in [0.15, 0.2) is 72.8 Å². The molecule has 1 heterocycles. The highest BCUT2D eigenvalue weighted by Crippen LogP contribution is 2.27. The van der Waals surface area contributed by atoms with Crippen molar-refractivity contribution in [3.05, 3.63) is 89.7 Å². The molecule has 1 amide bonds. The first-order valence-corrected chi connectivity index (χ1v) is 10.7. The molecule has 1 N–H and O–H groups in total. The third-order valence-electron chi connectivity index (χ3n) is 5.48. The zero-order chi connectivity index (χ0) is 22.3. The minimum atomic E-state index is -0.152. The number of carbonyl (C=O) groups is 1. The molecule has 6 nitrogen and oxygen atoms in total. The fourth-order valence-corrected chi connectivity index (χ4v) is 3.83. The number of aryl methyl sites for hydroxylation is 2. The van der Waals surface area contributed by atoms with Crippen molar-refractivity contribution in [2.75, 3.05) is 20.8 Å². The summed E-state index contributed by atoms with van der Waals surface area (Å²) < 4.78 is 12.7. The highest BCUT2D eigenvalue weighted by Gasteiger charge is 2.13.